The Kier molecular flexibility index (Phi) is 3.71. The van der Waals surface area contributed by atoms with Crippen molar-refractivity contribution in [3.8, 4) is 0 Å². The zero-order chi connectivity index (χ0) is 15.0. The number of carbonyl (C=O) groups excluding carboxylic acids is 1. The molecule has 0 saturated heterocycles. The van der Waals surface area contributed by atoms with Gasteiger partial charge < -0.3 is 9.73 Å². The summed E-state index contributed by atoms with van der Waals surface area (Å²) < 4.78 is 6.62. The Morgan fingerprint density at radius 3 is 2.71 bits per heavy atom. The zero-order valence-corrected chi connectivity index (χ0v) is 12.8. The molecule has 0 aliphatic carbocycles. The Bertz CT molecular complexity index is 901. The van der Waals surface area contributed by atoms with Gasteiger partial charge in [0.05, 0.1) is 16.2 Å². The molecule has 0 aliphatic rings. The van der Waals surface area contributed by atoms with Gasteiger partial charge in [-0.2, -0.15) is 0 Å². The highest BCUT2D eigenvalue weighted by Crippen LogP contribution is 2.24. The van der Waals surface area contributed by atoms with Gasteiger partial charge in [0.1, 0.15) is 0 Å². The van der Waals surface area contributed by atoms with Crippen molar-refractivity contribution in [1.82, 2.24) is 4.57 Å². The van der Waals surface area contributed by atoms with Crippen molar-refractivity contribution in [3.63, 3.8) is 0 Å². The number of nitrogens with one attached hydrogen (secondary N) is 1. The van der Waals surface area contributed by atoms with E-state index in [1.807, 2.05) is 0 Å². The molecule has 3 rings (SSSR count). The van der Waals surface area contributed by atoms with Gasteiger partial charge in [0.15, 0.2) is 5.58 Å². The fraction of sp³-hybridized carbons (Fsp3) is 0. The summed E-state index contributed by atoms with van der Waals surface area (Å²) in [6.45, 7) is 0. The van der Waals surface area contributed by atoms with Crippen LogP contribution in [0, 0.1) is 4.84 Å². The van der Waals surface area contributed by atoms with Crippen LogP contribution in [0.3, 0.4) is 0 Å². The van der Waals surface area contributed by atoms with Crippen molar-refractivity contribution in [2.75, 3.05) is 5.32 Å². The lowest BCUT2D eigenvalue weighted by atomic mass is 10.3. The minimum atomic E-state index is -0.450. The number of aromatic nitrogens is 1. The molecule has 0 bridgehead atoms. The van der Waals surface area contributed by atoms with E-state index in [1.165, 1.54) is 4.57 Å². The highest BCUT2D eigenvalue weighted by Gasteiger charge is 2.15. The zero-order valence-electron chi connectivity index (χ0n) is 10.5. The quantitative estimate of drug-likeness (QED) is 0.608. The van der Waals surface area contributed by atoms with Crippen molar-refractivity contribution < 1.29 is 9.21 Å². The van der Waals surface area contributed by atoms with Gasteiger partial charge in [0.25, 0.3) is 4.84 Å². The maximum atomic E-state index is 12.4. The van der Waals surface area contributed by atoms with Crippen molar-refractivity contribution in [3.05, 3.63) is 57.3 Å². The molecule has 1 amide bonds. The molecule has 2 aromatic carbocycles. The summed E-state index contributed by atoms with van der Waals surface area (Å²) in [5.41, 5.74) is 1.48. The van der Waals surface area contributed by atoms with Crippen LogP contribution in [0.15, 0.2) is 46.9 Å². The highest BCUT2D eigenvalue weighted by atomic mass is 35.5. The molecule has 21 heavy (non-hydrogen) atoms. The van der Waals surface area contributed by atoms with Gasteiger partial charge >= 0.3 is 6.03 Å². The number of rotatable bonds is 1. The molecule has 0 aliphatic heterocycles. The third-order valence-electron chi connectivity index (χ3n) is 2.86. The van der Waals surface area contributed by atoms with E-state index in [4.69, 9.17) is 39.8 Å². The second-order valence-corrected chi connectivity index (χ2v) is 5.42. The molecule has 7 heteroatoms. The monoisotopic (exact) mass is 338 g/mol. The largest absolute Gasteiger partial charge is 0.429 e. The predicted molar refractivity (Wildman–Crippen MR) is 85.9 cm³/mol. The van der Waals surface area contributed by atoms with Gasteiger partial charge in [-0.15, -0.1) is 0 Å². The Morgan fingerprint density at radius 1 is 1.19 bits per heavy atom. The third kappa shape index (κ3) is 2.68. The topological polar surface area (TPSA) is 47.2 Å². The predicted octanol–water partition coefficient (Wildman–Crippen LogP) is 5.35. The van der Waals surface area contributed by atoms with Crippen molar-refractivity contribution in [2.45, 2.75) is 0 Å². The summed E-state index contributed by atoms with van der Waals surface area (Å²) in [5, 5.41) is 3.64. The first-order valence-electron chi connectivity index (χ1n) is 5.93. The maximum absolute atomic E-state index is 12.4. The van der Waals surface area contributed by atoms with Gasteiger partial charge in [0, 0.05) is 11.1 Å². The summed E-state index contributed by atoms with van der Waals surface area (Å²) >= 11 is 17.0. The standard InChI is InChI=1S/C14H8Cl2N2O2S/c15-8-5-6-11-12(7-8)20-14(21)18(11)13(19)17-10-4-2-1-3-9(10)16/h1-7H,(H,17,19). The normalized spacial score (nSPS) is 10.8. The van der Waals surface area contributed by atoms with Gasteiger partial charge in [-0.25, -0.2) is 9.36 Å². The minimum Gasteiger partial charge on any atom is -0.429 e. The number of halogens is 2. The molecule has 0 unspecified atom stereocenters. The number of oxazole rings is 1. The molecule has 1 heterocycles. The molecule has 0 atom stereocenters. The van der Waals surface area contributed by atoms with E-state index in [-0.39, 0.29) is 4.84 Å². The van der Waals surface area contributed by atoms with Gasteiger partial charge in [-0.1, -0.05) is 35.3 Å². The number of carbonyl (C=O) groups is 1. The number of nitrogens with zero attached hydrogens (tertiary/aromatic N) is 1. The number of fused-ring (bicyclic) bond motifs is 1. The molecule has 4 nitrogen and oxygen atoms in total. The molecule has 3 aromatic rings. The third-order valence-corrected chi connectivity index (χ3v) is 3.69. The Balaban J connectivity index is 2.04. The average molecular weight is 339 g/mol. The molecule has 1 N–H and O–H groups in total. The van der Waals surface area contributed by atoms with Crippen molar-refractivity contribution in [1.29, 1.82) is 0 Å². The molecule has 0 fully saturated rings. The highest BCUT2D eigenvalue weighted by molar-refractivity contribution is 7.71. The van der Waals surface area contributed by atoms with Gasteiger partial charge in [-0.3, -0.25) is 0 Å². The van der Waals surface area contributed by atoms with Crippen LogP contribution in [0.25, 0.3) is 11.1 Å². The number of benzene rings is 2. The Morgan fingerprint density at radius 2 is 1.95 bits per heavy atom. The number of para-hydroxylation sites is 1. The summed E-state index contributed by atoms with van der Waals surface area (Å²) in [6, 6.07) is 11.4. The second-order valence-electron chi connectivity index (χ2n) is 4.23. The van der Waals surface area contributed by atoms with Crippen molar-refractivity contribution >= 4 is 58.2 Å². The fourth-order valence-electron chi connectivity index (χ4n) is 1.92. The molecule has 1 aromatic heterocycles. The van der Waals surface area contributed by atoms with E-state index in [1.54, 1.807) is 42.5 Å². The summed E-state index contributed by atoms with van der Waals surface area (Å²) in [5.74, 6) is 0. The Hall–Kier alpha value is -1.82. The molecule has 0 radical (unpaired) electrons. The molecule has 0 saturated carbocycles. The van der Waals surface area contributed by atoms with Gasteiger partial charge in [-0.05, 0) is 36.5 Å². The minimum absolute atomic E-state index is 0.0387. The summed E-state index contributed by atoms with van der Waals surface area (Å²) in [4.78, 5) is 12.4. The average Bonchev–Trinajstić information content (AvgIpc) is 2.76. The van der Waals surface area contributed by atoms with Crippen LogP contribution in [-0.2, 0) is 0 Å². The van der Waals surface area contributed by atoms with Crippen LogP contribution in [0.5, 0.6) is 0 Å². The fourth-order valence-corrected chi connectivity index (χ4v) is 2.53. The number of hydrogen-bond acceptors (Lipinski definition) is 3. The number of hydrogen-bond donors (Lipinski definition) is 1. The van der Waals surface area contributed by atoms with Crippen LogP contribution >= 0.6 is 35.4 Å². The summed E-state index contributed by atoms with van der Waals surface area (Å²) in [6.07, 6.45) is 0. The van der Waals surface area contributed by atoms with Crippen molar-refractivity contribution in [2.24, 2.45) is 0 Å². The van der Waals surface area contributed by atoms with Gasteiger partial charge in [0.2, 0.25) is 0 Å². The van der Waals surface area contributed by atoms with Crippen LogP contribution in [-0.4, -0.2) is 10.6 Å². The van der Waals surface area contributed by atoms with E-state index in [0.29, 0.717) is 26.8 Å². The lowest BCUT2D eigenvalue weighted by Crippen LogP contribution is -2.19. The first kappa shape index (κ1) is 14.1. The van der Waals surface area contributed by atoms with Crippen LogP contribution in [0.2, 0.25) is 10.0 Å². The van der Waals surface area contributed by atoms with Crippen LogP contribution < -0.4 is 5.32 Å². The maximum Gasteiger partial charge on any atom is 0.334 e. The first-order chi connectivity index (χ1) is 10.1. The Labute approximate surface area is 134 Å². The lowest BCUT2D eigenvalue weighted by Gasteiger charge is -2.07. The number of anilines is 1. The SMILES string of the molecule is O=C(Nc1ccccc1Cl)n1c(=S)oc2cc(Cl)ccc21. The lowest BCUT2D eigenvalue weighted by molar-refractivity contribution is 0.253. The molecular weight excluding hydrogens is 331 g/mol. The van der Waals surface area contributed by atoms with Crippen LogP contribution in [0.1, 0.15) is 0 Å². The van der Waals surface area contributed by atoms with E-state index in [2.05, 4.69) is 5.32 Å². The van der Waals surface area contributed by atoms with E-state index in [0.717, 1.165) is 0 Å². The molecule has 0 spiro atoms. The smallest absolute Gasteiger partial charge is 0.334 e. The van der Waals surface area contributed by atoms with Crippen LogP contribution in [0.4, 0.5) is 10.5 Å². The number of amides is 1. The first-order valence-corrected chi connectivity index (χ1v) is 7.09. The van der Waals surface area contributed by atoms with E-state index >= 15 is 0 Å². The molecule has 106 valence electrons. The van der Waals surface area contributed by atoms with E-state index in [9.17, 15) is 4.79 Å². The summed E-state index contributed by atoms with van der Waals surface area (Å²) in [7, 11) is 0. The van der Waals surface area contributed by atoms with E-state index < -0.39 is 6.03 Å². The molecular formula is C14H8Cl2N2O2S. The second kappa shape index (κ2) is 5.52.